The fourth-order valence-electron chi connectivity index (χ4n) is 1.99. The van der Waals surface area contributed by atoms with Crippen molar-refractivity contribution in [3.05, 3.63) is 57.7 Å². The van der Waals surface area contributed by atoms with Gasteiger partial charge in [-0.15, -0.1) is 0 Å². The van der Waals surface area contributed by atoms with Crippen LogP contribution in [0, 0.1) is 70.2 Å². The molecule has 0 fully saturated rings. The Kier molecular flexibility index (Phi) is 6.04. The highest BCUT2D eigenvalue weighted by Crippen LogP contribution is 2.30. The van der Waals surface area contributed by atoms with Gasteiger partial charge in [0, 0.05) is 0 Å². The van der Waals surface area contributed by atoms with Crippen molar-refractivity contribution in [2.45, 2.75) is 0 Å². The zero-order valence-electron chi connectivity index (χ0n) is 13.8. The molecular weight excluding hydrogens is 400 g/mol. The Morgan fingerprint density at radius 2 is 0.714 bits per heavy atom. The van der Waals surface area contributed by atoms with Gasteiger partial charge >= 0.3 is 0 Å². The summed E-state index contributed by atoms with van der Waals surface area (Å²) in [5.41, 5.74) is -2.75. The predicted molar refractivity (Wildman–Crippen MR) is 79.4 cm³/mol. The summed E-state index contributed by atoms with van der Waals surface area (Å²) in [6.07, 6.45) is 0. The van der Waals surface area contributed by atoms with Crippen molar-refractivity contribution in [1.82, 2.24) is 0 Å². The Labute approximate surface area is 152 Å². The Balaban J connectivity index is 2.54. The van der Waals surface area contributed by atoms with Crippen LogP contribution in [0.15, 0.2) is 0 Å². The first-order chi connectivity index (χ1) is 13.2. The Morgan fingerprint density at radius 1 is 0.464 bits per heavy atom. The summed E-state index contributed by atoms with van der Waals surface area (Å²) in [5, 5.41) is 0. The van der Waals surface area contributed by atoms with Crippen LogP contribution in [0.5, 0.6) is 11.5 Å². The van der Waals surface area contributed by atoms with E-state index in [0.29, 0.717) is 0 Å². The molecule has 10 heteroatoms. The first-order valence-electron chi connectivity index (χ1n) is 6.99. The molecule has 0 aliphatic carbocycles. The number of ether oxygens (including phenoxy) is 2. The second kappa shape index (κ2) is 8.09. The van der Waals surface area contributed by atoms with E-state index in [1.807, 2.05) is 0 Å². The molecule has 0 saturated heterocycles. The van der Waals surface area contributed by atoms with Gasteiger partial charge in [0.15, 0.2) is 34.8 Å². The van der Waals surface area contributed by atoms with Crippen LogP contribution in [0.4, 0.5) is 35.1 Å². The van der Waals surface area contributed by atoms with Crippen LogP contribution in [-0.4, -0.2) is 14.2 Å². The van der Waals surface area contributed by atoms with E-state index >= 15 is 0 Å². The molecule has 0 aliphatic rings. The van der Waals surface area contributed by atoms with Gasteiger partial charge in [-0.3, -0.25) is 0 Å². The molecule has 0 heterocycles. The second-order valence-electron chi connectivity index (χ2n) is 4.83. The van der Waals surface area contributed by atoms with Crippen molar-refractivity contribution in [2.75, 3.05) is 14.2 Å². The van der Waals surface area contributed by atoms with E-state index in [2.05, 4.69) is 9.47 Å². The number of benzene rings is 2. The molecule has 0 radical (unpaired) electrons. The molecule has 2 rings (SSSR count). The molecule has 0 unspecified atom stereocenters. The van der Waals surface area contributed by atoms with E-state index in [-0.39, 0.29) is 0 Å². The van der Waals surface area contributed by atoms with Crippen molar-refractivity contribution in [2.24, 2.45) is 0 Å². The minimum absolute atomic E-state index is 0.771. The Hall–Kier alpha value is -3.40. The molecule has 0 atom stereocenters. The fraction of sp³-hybridized carbons (Fsp3) is 0.111. The quantitative estimate of drug-likeness (QED) is 0.423. The molecular formula is C18H6F8O2. The van der Waals surface area contributed by atoms with E-state index < -0.39 is 69.2 Å². The molecule has 0 bridgehead atoms. The third kappa shape index (κ3) is 3.41. The zero-order valence-corrected chi connectivity index (χ0v) is 13.8. The third-order valence-electron chi connectivity index (χ3n) is 3.29. The Morgan fingerprint density at radius 3 is 0.929 bits per heavy atom. The van der Waals surface area contributed by atoms with Gasteiger partial charge in [-0.2, -0.15) is 17.6 Å². The van der Waals surface area contributed by atoms with Crippen LogP contribution in [0.1, 0.15) is 11.1 Å². The van der Waals surface area contributed by atoms with Crippen molar-refractivity contribution in [1.29, 1.82) is 0 Å². The van der Waals surface area contributed by atoms with Gasteiger partial charge in [0.2, 0.25) is 23.3 Å². The summed E-state index contributed by atoms with van der Waals surface area (Å²) in [7, 11) is 1.54. The fourth-order valence-corrected chi connectivity index (χ4v) is 1.99. The van der Waals surface area contributed by atoms with E-state index in [0.717, 1.165) is 14.2 Å². The third-order valence-corrected chi connectivity index (χ3v) is 3.29. The van der Waals surface area contributed by atoms with Crippen LogP contribution in [-0.2, 0) is 0 Å². The molecule has 2 nitrogen and oxygen atoms in total. The molecule has 0 N–H and O–H groups in total. The van der Waals surface area contributed by atoms with E-state index in [9.17, 15) is 35.1 Å². The number of hydrogen-bond acceptors (Lipinski definition) is 2. The molecule has 0 saturated carbocycles. The van der Waals surface area contributed by atoms with Crippen molar-refractivity contribution < 1.29 is 44.6 Å². The van der Waals surface area contributed by atoms with Crippen molar-refractivity contribution in [3.63, 3.8) is 0 Å². The molecule has 2 aromatic carbocycles. The molecule has 0 spiro atoms. The van der Waals surface area contributed by atoms with Crippen LogP contribution < -0.4 is 9.47 Å². The van der Waals surface area contributed by atoms with Gasteiger partial charge < -0.3 is 9.47 Å². The molecule has 28 heavy (non-hydrogen) atoms. The van der Waals surface area contributed by atoms with E-state index in [1.54, 1.807) is 23.7 Å². The minimum atomic E-state index is -1.90. The monoisotopic (exact) mass is 406 g/mol. The lowest BCUT2D eigenvalue weighted by molar-refractivity contribution is 0.331. The van der Waals surface area contributed by atoms with Gasteiger partial charge in [-0.05, 0) is 23.7 Å². The van der Waals surface area contributed by atoms with E-state index in [4.69, 9.17) is 0 Å². The largest absolute Gasteiger partial charge is 0.491 e. The maximum absolute atomic E-state index is 13.7. The maximum Gasteiger partial charge on any atom is 0.205 e. The van der Waals surface area contributed by atoms with Crippen LogP contribution in [0.25, 0.3) is 0 Å². The van der Waals surface area contributed by atoms with Crippen LogP contribution in [0.3, 0.4) is 0 Å². The van der Waals surface area contributed by atoms with Gasteiger partial charge in [0.25, 0.3) is 0 Å². The molecule has 2 aromatic rings. The SMILES string of the molecule is COc1c(F)c(F)c(C#CC#Cc2c(F)c(F)c(OC)c(F)c2F)c(F)c1F. The average Bonchev–Trinajstić information content (AvgIpc) is 2.67. The van der Waals surface area contributed by atoms with Gasteiger partial charge in [-0.25, -0.2) is 17.6 Å². The highest BCUT2D eigenvalue weighted by Gasteiger charge is 2.26. The van der Waals surface area contributed by atoms with Gasteiger partial charge in [0.05, 0.1) is 14.2 Å². The first-order valence-corrected chi connectivity index (χ1v) is 6.99. The summed E-state index contributed by atoms with van der Waals surface area (Å²) < 4.78 is 117. The summed E-state index contributed by atoms with van der Waals surface area (Å²) in [6, 6.07) is 0. The molecule has 0 aliphatic heterocycles. The zero-order chi connectivity index (χ0) is 21.2. The summed E-state index contributed by atoms with van der Waals surface area (Å²) in [5.74, 6) is -11.1. The molecule has 146 valence electrons. The summed E-state index contributed by atoms with van der Waals surface area (Å²) in [6.45, 7) is 0. The van der Waals surface area contributed by atoms with Crippen LogP contribution in [0.2, 0.25) is 0 Å². The van der Waals surface area contributed by atoms with Crippen molar-refractivity contribution in [3.8, 4) is 35.2 Å². The number of hydrogen-bond donors (Lipinski definition) is 0. The molecule has 0 aromatic heterocycles. The summed E-state index contributed by atoms with van der Waals surface area (Å²) >= 11 is 0. The lowest BCUT2D eigenvalue weighted by atomic mass is 10.1. The number of rotatable bonds is 2. The lowest BCUT2D eigenvalue weighted by Crippen LogP contribution is -2.04. The highest BCUT2D eigenvalue weighted by molar-refractivity contribution is 5.49. The van der Waals surface area contributed by atoms with Gasteiger partial charge in [0.1, 0.15) is 11.1 Å². The smallest absolute Gasteiger partial charge is 0.205 e. The standard InChI is InChI=1S/C18H6F8O2/c1-27-17-13(23)9(19)7(10(20)14(17)24)5-3-4-6-8-11(21)15(25)18(28-2)16(26)12(8)22/h1-2H3. The second-order valence-corrected chi connectivity index (χ2v) is 4.83. The Bertz CT molecular complexity index is 942. The first kappa shape index (κ1) is 20.9. The van der Waals surface area contributed by atoms with E-state index in [1.165, 1.54) is 0 Å². The summed E-state index contributed by atoms with van der Waals surface area (Å²) in [4.78, 5) is 0. The van der Waals surface area contributed by atoms with Gasteiger partial charge in [-0.1, -0.05) is 0 Å². The number of halogens is 8. The number of methoxy groups -OCH3 is 2. The topological polar surface area (TPSA) is 18.5 Å². The average molecular weight is 406 g/mol. The predicted octanol–water partition coefficient (Wildman–Crippen LogP) is 4.22. The highest BCUT2D eigenvalue weighted by atomic mass is 19.2. The maximum atomic E-state index is 13.7. The van der Waals surface area contributed by atoms with Crippen LogP contribution >= 0.6 is 0 Å². The van der Waals surface area contributed by atoms with Crippen molar-refractivity contribution >= 4 is 0 Å². The lowest BCUT2D eigenvalue weighted by Gasteiger charge is -2.07. The normalized spacial score (nSPS) is 9.93. The minimum Gasteiger partial charge on any atom is -0.491 e. The molecule has 0 amide bonds.